The number of esters is 1. The number of ether oxygens (including phenoxy) is 2. The fraction of sp³-hybridized carbons (Fsp3) is 0.340. The fourth-order valence-corrected chi connectivity index (χ4v) is 9.03. The van der Waals surface area contributed by atoms with E-state index in [4.69, 9.17) is 29.8 Å². The molecule has 6 aromatic rings. The van der Waals surface area contributed by atoms with Crippen molar-refractivity contribution in [2.75, 3.05) is 25.1 Å². The van der Waals surface area contributed by atoms with E-state index in [2.05, 4.69) is 40.9 Å². The van der Waals surface area contributed by atoms with Gasteiger partial charge in [0.15, 0.2) is 22.2 Å². The average Bonchev–Trinajstić information content (AvgIpc) is 4.25. The van der Waals surface area contributed by atoms with Gasteiger partial charge < -0.3 is 50.1 Å². The molecule has 29 heteroatoms. The van der Waals surface area contributed by atoms with Crippen molar-refractivity contribution >= 4 is 97.9 Å². The number of carboxylic acids is 1. The first-order chi connectivity index (χ1) is 37.6. The summed E-state index contributed by atoms with van der Waals surface area (Å²) >= 11 is 1.04. The van der Waals surface area contributed by atoms with E-state index in [-0.39, 0.29) is 95.3 Å². The molecule has 1 aromatic carbocycles. The summed E-state index contributed by atoms with van der Waals surface area (Å²) in [6, 6.07) is 1.58. The van der Waals surface area contributed by atoms with E-state index in [1.165, 1.54) is 31.3 Å². The van der Waals surface area contributed by atoms with Crippen LogP contribution < -0.4 is 37.0 Å². The zero-order chi connectivity index (χ0) is 57.2. The highest BCUT2D eigenvalue weighted by Crippen LogP contribution is 2.31. The summed E-state index contributed by atoms with van der Waals surface area (Å²) in [6.45, 7) is 7.07. The van der Waals surface area contributed by atoms with Gasteiger partial charge in [-0.1, -0.05) is 37.3 Å². The molecule has 0 unspecified atom stereocenters. The van der Waals surface area contributed by atoms with Crippen LogP contribution in [-0.2, 0) is 59.4 Å². The van der Waals surface area contributed by atoms with Crippen LogP contribution in [0.5, 0.6) is 5.75 Å². The number of primary amides is 2. The van der Waals surface area contributed by atoms with Gasteiger partial charge in [0.25, 0.3) is 17.7 Å². The number of nitrogens with two attached hydrogens (primary N) is 2. The predicted octanol–water partition coefficient (Wildman–Crippen LogP) is 1.70. The Hall–Kier alpha value is -9.67. The quantitative estimate of drug-likeness (QED) is 0.0206. The van der Waals surface area contributed by atoms with Gasteiger partial charge in [-0.15, -0.1) is 0 Å². The van der Waals surface area contributed by atoms with Crippen LogP contribution in [0, 0.1) is 13.8 Å². The lowest BCUT2D eigenvalue weighted by Crippen LogP contribution is -2.53. The summed E-state index contributed by atoms with van der Waals surface area (Å²) in [6.07, 6.45) is 6.55. The molecule has 0 fully saturated rings. The Balaban J connectivity index is 1.11. The highest BCUT2D eigenvalue weighted by atomic mass is 32.1. The maximum Gasteiger partial charge on any atom is 0.328 e. The van der Waals surface area contributed by atoms with Crippen molar-refractivity contribution < 1.29 is 71.4 Å². The van der Waals surface area contributed by atoms with E-state index < -0.39 is 84.2 Å². The van der Waals surface area contributed by atoms with Gasteiger partial charge in [0.1, 0.15) is 35.4 Å². The van der Waals surface area contributed by atoms with Crippen molar-refractivity contribution in [3.8, 4) is 5.75 Å². The molecule has 1 aliphatic heterocycles. The highest BCUT2D eigenvalue weighted by molar-refractivity contribution is 7.16. The molecule has 414 valence electrons. The first-order valence-corrected chi connectivity index (χ1v) is 25.2. The number of rotatable bonds is 25. The number of imide groups is 1. The van der Waals surface area contributed by atoms with Gasteiger partial charge in [0, 0.05) is 63.7 Å². The van der Waals surface area contributed by atoms with Crippen LogP contribution >= 0.6 is 11.3 Å². The second-order valence-corrected chi connectivity index (χ2v) is 18.5. The summed E-state index contributed by atoms with van der Waals surface area (Å²) in [5.41, 5.74) is 13.1. The molecule has 8 amide bonds. The number of carbonyl (C=O) groups excluding carboxylic acids is 9. The molecule has 0 saturated carbocycles. The zero-order valence-corrected chi connectivity index (χ0v) is 44.0. The standard InChI is InChI=1S/C50H53N13O15S/c1-6-29-40(77-25(4)55-29)46(72)59-49-58-32-19-28(43(52)70)22-53-44(32)62(49)16-9-8-15-61-39-33(20-27(42(51)69)21-34(39)79-50(61)60-47(73)41-30(7-2)56-26(5)78-41)75-17-10-18-76-48(74)24(3)54-45(71)31(11-14-38(67)68)57-35(64)23-63-36(65)12-13-37(63)66/h8-9,12-13,19-22,24,31H,6-7,10-11,14-18,23H2,1-5H3,(H2,51,69)(H2,52,70)(H,54,71)(H,57,64)(H,67,68)(H,58,59,72)/b9-8+,60-50?/t24-,31-/m0/s1. The molecule has 1 aliphatic rings. The summed E-state index contributed by atoms with van der Waals surface area (Å²) in [5, 5.41) is 16.7. The van der Waals surface area contributed by atoms with Gasteiger partial charge in [-0.25, -0.2) is 24.7 Å². The zero-order valence-electron chi connectivity index (χ0n) is 43.1. The van der Waals surface area contributed by atoms with Crippen molar-refractivity contribution in [3.63, 3.8) is 0 Å². The number of carbonyl (C=O) groups is 10. The minimum atomic E-state index is -1.46. The van der Waals surface area contributed by atoms with Gasteiger partial charge in [0.05, 0.1) is 34.9 Å². The van der Waals surface area contributed by atoms with Crippen molar-refractivity contribution in [1.29, 1.82) is 0 Å². The molecule has 0 radical (unpaired) electrons. The summed E-state index contributed by atoms with van der Waals surface area (Å²) < 4.78 is 26.5. The van der Waals surface area contributed by atoms with Crippen molar-refractivity contribution in [2.45, 2.75) is 91.9 Å². The summed E-state index contributed by atoms with van der Waals surface area (Å²) in [4.78, 5) is 149. The SMILES string of the molecule is CCc1nc(C)oc1C(=O)N=c1sc2cc(C(N)=O)cc(OCCCOC(=O)[C@H](C)NC(=O)[C@H](CCC(=O)O)NC(=O)CN3C(=O)C=CC3=O)c2n1C/C=C/Cn1c(NC(=O)c2oc(C)nc2CC)nc2cc(C(N)=O)cnc21. The van der Waals surface area contributed by atoms with Gasteiger partial charge in [-0.2, -0.15) is 4.99 Å². The van der Waals surface area contributed by atoms with Crippen LogP contribution in [0.3, 0.4) is 0 Å². The van der Waals surface area contributed by atoms with Crippen LogP contribution in [0.2, 0.25) is 0 Å². The smallest absolute Gasteiger partial charge is 0.328 e. The third-order valence-electron chi connectivity index (χ3n) is 11.7. The lowest BCUT2D eigenvalue weighted by molar-refractivity contribution is -0.148. The second-order valence-electron chi connectivity index (χ2n) is 17.5. The molecule has 0 aliphatic carbocycles. The number of aliphatic carboxylic acids is 1. The first-order valence-electron chi connectivity index (χ1n) is 24.4. The molecule has 79 heavy (non-hydrogen) atoms. The number of nitrogens with zero attached hydrogens (tertiary/aromatic N) is 8. The number of hydrogen-bond acceptors (Lipinski definition) is 19. The number of aryl methyl sites for hydroxylation is 4. The molecule has 6 heterocycles. The molecule has 0 saturated heterocycles. The topological polar surface area (TPSA) is 401 Å². The second kappa shape index (κ2) is 25.0. The average molecular weight is 1110 g/mol. The van der Waals surface area contributed by atoms with Crippen LogP contribution in [0.1, 0.15) is 105 Å². The largest absolute Gasteiger partial charge is 0.491 e. The molecule has 0 bridgehead atoms. The molecular formula is C50H53N13O15S. The molecular weight excluding hydrogens is 1050 g/mol. The van der Waals surface area contributed by atoms with Gasteiger partial charge in [-0.3, -0.25) is 57.9 Å². The molecule has 0 spiro atoms. The fourth-order valence-electron chi connectivity index (χ4n) is 7.93. The van der Waals surface area contributed by atoms with E-state index >= 15 is 0 Å². The van der Waals surface area contributed by atoms with Gasteiger partial charge >= 0.3 is 17.8 Å². The maximum absolute atomic E-state index is 13.8. The van der Waals surface area contributed by atoms with Crippen LogP contribution in [0.25, 0.3) is 21.4 Å². The van der Waals surface area contributed by atoms with E-state index in [1.54, 1.807) is 42.1 Å². The minimum Gasteiger partial charge on any atom is -0.491 e. The minimum absolute atomic E-state index is 0.00643. The van der Waals surface area contributed by atoms with E-state index in [0.29, 0.717) is 45.2 Å². The third kappa shape index (κ3) is 13.7. The number of thiazole rings is 1. The number of fused-ring (bicyclic) bond motifs is 2. The van der Waals surface area contributed by atoms with Gasteiger partial charge in [-0.05, 0) is 44.4 Å². The molecule has 5 aromatic heterocycles. The number of nitrogens with one attached hydrogen (secondary N) is 3. The van der Waals surface area contributed by atoms with E-state index in [0.717, 1.165) is 23.5 Å². The molecule has 2 atom stereocenters. The van der Waals surface area contributed by atoms with Crippen LogP contribution in [0.4, 0.5) is 5.95 Å². The number of oxazole rings is 2. The Morgan fingerprint density at radius 3 is 2.14 bits per heavy atom. The number of allylic oxidation sites excluding steroid dienone is 2. The Morgan fingerprint density at radius 1 is 0.848 bits per heavy atom. The summed E-state index contributed by atoms with van der Waals surface area (Å²) in [5.74, 6) is -7.79. The number of pyridine rings is 1. The Kier molecular flexibility index (Phi) is 18.0. The Labute approximate surface area is 450 Å². The third-order valence-corrected chi connectivity index (χ3v) is 12.8. The highest BCUT2D eigenvalue weighted by Gasteiger charge is 2.30. The van der Waals surface area contributed by atoms with E-state index in [1.807, 2.05) is 6.92 Å². The van der Waals surface area contributed by atoms with Crippen LogP contribution in [0.15, 0.2) is 62.5 Å². The Morgan fingerprint density at radius 2 is 1.49 bits per heavy atom. The van der Waals surface area contributed by atoms with Crippen molar-refractivity contribution in [1.82, 2.24) is 44.6 Å². The first kappa shape index (κ1) is 57.0. The monoisotopic (exact) mass is 1110 g/mol. The summed E-state index contributed by atoms with van der Waals surface area (Å²) in [7, 11) is 0. The number of amides is 8. The van der Waals surface area contributed by atoms with Gasteiger partial charge in [0.2, 0.25) is 41.1 Å². The Bertz CT molecular complexity index is 3560. The maximum atomic E-state index is 13.8. The lowest BCUT2D eigenvalue weighted by Gasteiger charge is -2.21. The number of imidazole rings is 1. The number of hydrogen-bond donors (Lipinski definition) is 6. The number of anilines is 1. The molecule has 7 rings (SSSR count). The lowest BCUT2D eigenvalue weighted by atomic mass is 10.1. The van der Waals surface area contributed by atoms with Crippen molar-refractivity contribution in [3.05, 3.63) is 99.3 Å². The number of aromatic nitrogens is 6. The number of benzene rings is 1. The normalized spacial score (nSPS) is 13.3. The molecule has 28 nitrogen and oxygen atoms in total. The molecule has 8 N–H and O–H groups in total. The predicted molar refractivity (Wildman–Crippen MR) is 276 cm³/mol. The van der Waals surface area contributed by atoms with E-state index in [9.17, 15) is 53.1 Å². The van der Waals surface area contributed by atoms with Crippen LogP contribution in [-0.4, -0.2) is 130 Å². The van der Waals surface area contributed by atoms with Crippen molar-refractivity contribution in [2.24, 2.45) is 16.5 Å². The number of carboxylic acid groups (broad SMARTS) is 1.